The first kappa shape index (κ1) is 27.4. The van der Waals surface area contributed by atoms with Gasteiger partial charge in [-0.2, -0.15) is 0 Å². The molecule has 1 spiro atoms. The predicted octanol–water partition coefficient (Wildman–Crippen LogP) is 9.86. The van der Waals surface area contributed by atoms with Crippen LogP contribution >= 0.6 is 46.4 Å². The van der Waals surface area contributed by atoms with E-state index in [0.717, 1.165) is 44.7 Å². The van der Waals surface area contributed by atoms with Crippen LogP contribution in [0.3, 0.4) is 0 Å². The molecule has 0 N–H and O–H groups in total. The number of benzene rings is 6. The van der Waals surface area contributed by atoms with Crippen molar-refractivity contribution >= 4 is 109 Å². The molecule has 0 amide bonds. The van der Waals surface area contributed by atoms with Gasteiger partial charge < -0.3 is 0 Å². The van der Waals surface area contributed by atoms with Gasteiger partial charge in [-0.25, -0.2) is 0 Å². The van der Waals surface area contributed by atoms with Gasteiger partial charge in [-0.05, 0) is 0 Å². The van der Waals surface area contributed by atoms with Gasteiger partial charge in [0, 0.05) is 0 Å². The molecule has 0 unspecified atom stereocenters. The van der Waals surface area contributed by atoms with Crippen molar-refractivity contribution in [3.8, 4) is 23.0 Å². The van der Waals surface area contributed by atoms with Crippen LogP contribution in [0.15, 0.2) is 115 Å². The van der Waals surface area contributed by atoms with Gasteiger partial charge in [-0.3, -0.25) is 0 Å². The first-order chi connectivity index (χ1) is 22.4. The summed E-state index contributed by atoms with van der Waals surface area (Å²) in [5, 5.41) is 0.533. The molecule has 0 atom stereocenters. The van der Waals surface area contributed by atoms with Crippen molar-refractivity contribution < 1.29 is 10.8 Å². The first-order valence-corrected chi connectivity index (χ1v) is 21.9. The third-order valence-corrected chi connectivity index (χ3v) is 24.7. The van der Waals surface area contributed by atoms with Crippen LogP contribution in [-0.2, 0) is 0 Å². The SMILES string of the molecule is Clc1c(Cl)c(Cl)c2c(c1Cl)[O][Sb]13([O]2)[c]2c4cccc2N(c2ccccc2)c2cccc([c]21)N(c1ccccc1)c1cccc([c]13)O4. The van der Waals surface area contributed by atoms with Crippen LogP contribution in [0.4, 0.5) is 34.1 Å². The van der Waals surface area contributed by atoms with E-state index in [9.17, 15) is 0 Å². The summed E-state index contributed by atoms with van der Waals surface area (Å²) in [7, 11) is 0. The van der Waals surface area contributed by atoms with E-state index in [-0.39, 0.29) is 31.6 Å². The van der Waals surface area contributed by atoms with Gasteiger partial charge in [-0.1, -0.05) is 0 Å². The van der Waals surface area contributed by atoms with Gasteiger partial charge in [0.1, 0.15) is 0 Å². The van der Waals surface area contributed by atoms with Crippen molar-refractivity contribution in [2.45, 2.75) is 0 Å². The second-order valence-corrected chi connectivity index (χ2v) is 23.2. The summed E-state index contributed by atoms with van der Waals surface area (Å²) in [6, 6.07) is 39.0. The molecule has 6 aromatic rings. The number of rotatable bonds is 2. The number of anilines is 6. The van der Waals surface area contributed by atoms with Crippen LogP contribution < -0.4 is 31.1 Å². The van der Waals surface area contributed by atoms with Crippen molar-refractivity contribution in [2.24, 2.45) is 0 Å². The van der Waals surface area contributed by atoms with E-state index in [1.807, 2.05) is 60.7 Å². The molecular formula is C36H19Cl4N2O3Sb. The third kappa shape index (κ3) is 3.07. The second-order valence-electron chi connectivity index (χ2n) is 11.4. The minimum atomic E-state index is -5.81. The molecular weight excluding hydrogens is 772 g/mol. The van der Waals surface area contributed by atoms with Crippen LogP contribution in [0.1, 0.15) is 0 Å². The number of fused-ring (bicyclic) bond motifs is 1. The fraction of sp³-hybridized carbons (Fsp3) is 0. The number of ether oxygens (including phenoxy) is 1. The summed E-state index contributed by atoms with van der Waals surface area (Å²) in [4.78, 5) is 4.51. The van der Waals surface area contributed by atoms with Crippen molar-refractivity contribution in [1.29, 1.82) is 0 Å². The minimum absolute atomic E-state index is 0.112. The molecule has 0 saturated heterocycles. The first-order valence-electron chi connectivity index (χ1n) is 14.5. The van der Waals surface area contributed by atoms with Crippen LogP contribution in [0.25, 0.3) is 0 Å². The topological polar surface area (TPSA) is 34.2 Å². The molecule has 4 aliphatic rings. The Balaban J connectivity index is 1.45. The molecule has 0 aromatic heterocycles. The Bertz CT molecular complexity index is 2180. The third-order valence-electron chi connectivity index (χ3n) is 9.09. The Morgan fingerprint density at radius 3 is 1.24 bits per heavy atom. The number of nitrogens with zero attached hydrogens (tertiary/aromatic N) is 2. The Morgan fingerprint density at radius 2 is 0.804 bits per heavy atom. The van der Waals surface area contributed by atoms with E-state index in [1.54, 1.807) is 0 Å². The van der Waals surface area contributed by atoms with Crippen molar-refractivity contribution in [3.63, 3.8) is 0 Å². The van der Waals surface area contributed by atoms with Crippen molar-refractivity contribution in [1.82, 2.24) is 0 Å². The number of hydrogen-bond donors (Lipinski definition) is 0. The molecule has 224 valence electrons. The van der Waals surface area contributed by atoms with E-state index in [0.29, 0.717) is 11.5 Å². The molecule has 6 aromatic carbocycles. The monoisotopic (exact) mass is 788 g/mol. The average Bonchev–Trinajstić information content (AvgIpc) is 3.44. The molecule has 0 saturated carbocycles. The Morgan fingerprint density at radius 1 is 0.413 bits per heavy atom. The summed E-state index contributed by atoms with van der Waals surface area (Å²) < 4.78 is 24.7. The zero-order valence-corrected chi connectivity index (χ0v) is 29.1. The number of para-hydroxylation sites is 2. The van der Waals surface area contributed by atoms with Gasteiger partial charge in [0.2, 0.25) is 0 Å². The van der Waals surface area contributed by atoms with E-state index in [4.69, 9.17) is 57.2 Å². The Labute approximate surface area is 286 Å². The molecule has 4 aliphatic heterocycles. The molecule has 4 heterocycles. The van der Waals surface area contributed by atoms with Crippen LogP contribution in [0.5, 0.6) is 23.0 Å². The van der Waals surface area contributed by atoms with Crippen LogP contribution in [0.2, 0.25) is 20.1 Å². The van der Waals surface area contributed by atoms with Gasteiger partial charge in [0.05, 0.1) is 0 Å². The zero-order chi connectivity index (χ0) is 31.0. The standard InChI is InChI=1S/C30H19N2O.C6H2Cl4O2.Sb/c1-3-10-23(11-4-1)31-25-14-7-15-26(20-25)32(24-12-5-2-6-13-24)28-17-9-19-30(22-28)33-29-18-8-16-27(31)21-29;7-1-2(8)4(10)6(12)5(11)3(1)9;/h1-19H;11-12H;/q;;+2/p-2. The molecule has 0 bridgehead atoms. The summed E-state index contributed by atoms with van der Waals surface area (Å²) in [5.41, 5.74) is 5.59. The molecule has 0 aliphatic carbocycles. The molecule has 10 heteroatoms. The average molecular weight is 791 g/mol. The second kappa shape index (κ2) is 9.22. The summed E-state index contributed by atoms with van der Waals surface area (Å²) >= 11 is 21.5. The molecule has 10 rings (SSSR count). The normalized spacial score (nSPS) is 17.2. The molecule has 46 heavy (non-hydrogen) atoms. The zero-order valence-electron chi connectivity index (χ0n) is 23.5. The maximum atomic E-state index is 7.61. The Hall–Kier alpha value is -3.70. The maximum absolute atomic E-state index is 7.61. The summed E-state index contributed by atoms with van der Waals surface area (Å²) in [6.45, 7) is 0. The molecule has 0 radical (unpaired) electrons. The van der Waals surface area contributed by atoms with Crippen LogP contribution in [0, 0.1) is 0 Å². The van der Waals surface area contributed by atoms with E-state index in [2.05, 4.69) is 64.4 Å². The van der Waals surface area contributed by atoms with Gasteiger partial charge in [0.25, 0.3) is 0 Å². The Kier molecular flexibility index (Phi) is 5.49. The fourth-order valence-corrected chi connectivity index (χ4v) is 25.0. The number of halogens is 4. The quantitative estimate of drug-likeness (QED) is 0.0991. The van der Waals surface area contributed by atoms with E-state index >= 15 is 0 Å². The van der Waals surface area contributed by atoms with Gasteiger partial charge >= 0.3 is 288 Å². The van der Waals surface area contributed by atoms with Crippen molar-refractivity contribution in [2.75, 3.05) is 9.80 Å². The van der Waals surface area contributed by atoms with E-state index in [1.165, 1.54) is 0 Å². The van der Waals surface area contributed by atoms with Gasteiger partial charge in [-0.15, -0.1) is 0 Å². The predicted molar refractivity (Wildman–Crippen MR) is 188 cm³/mol. The summed E-state index contributed by atoms with van der Waals surface area (Å²) in [5.74, 6) is 1.87. The van der Waals surface area contributed by atoms with Crippen molar-refractivity contribution in [3.05, 3.63) is 135 Å². The van der Waals surface area contributed by atoms with E-state index < -0.39 is 18.2 Å². The summed E-state index contributed by atoms with van der Waals surface area (Å²) in [6.07, 6.45) is 0. The molecule has 5 nitrogen and oxygen atoms in total. The fourth-order valence-electron chi connectivity index (χ4n) is 7.48. The van der Waals surface area contributed by atoms with Gasteiger partial charge in [0.15, 0.2) is 0 Å². The molecule has 0 fully saturated rings. The number of hydrogen-bond acceptors (Lipinski definition) is 5. The van der Waals surface area contributed by atoms with Crippen LogP contribution in [-0.4, -0.2) is 18.2 Å².